The second-order valence-electron chi connectivity index (χ2n) is 9.58. The second kappa shape index (κ2) is 10.3. The van der Waals surface area contributed by atoms with Gasteiger partial charge >= 0.3 is 0 Å². The molecule has 1 heterocycles. The molecule has 5 rings (SSSR count). The van der Waals surface area contributed by atoms with Crippen LogP contribution in [0.5, 0.6) is 0 Å². The van der Waals surface area contributed by atoms with Crippen LogP contribution < -0.4 is 9.80 Å². The van der Waals surface area contributed by atoms with E-state index in [2.05, 4.69) is 0 Å². The number of anilines is 2. The molecule has 2 aliphatic rings. The molecule has 2 amide bonds. The zero-order valence-electron chi connectivity index (χ0n) is 20.1. The van der Waals surface area contributed by atoms with Crippen molar-refractivity contribution in [1.82, 2.24) is 0 Å². The van der Waals surface area contributed by atoms with E-state index in [0.717, 1.165) is 30.4 Å². The molecule has 3 aromatic carbocycles. The van der Waals surface area contributed by atoms with Crippen molar-refractivity contribution in [3.05, 3.63) is 100 Å². The summed E-state index contributed by atoms with van der Waals surface area (Å²) in [6, 6.07) is 24.6. The Kier molecular flexibility index (Phi) is 6.80. The lowest BCUT2D eigenvalue weighted by atomic mass is 9.81. The summed E-state index contributed by atoms with van der Waals surface area (Å²) < 4.78 is 0. The lowest BCUT2D eigenvalue weighted by molar-refractivity contribution is -0.384. The summed E-state index contributed by atoms with van der Waals surface area (Å²) in [4.78, 5) is 41.1. The second-order valence-corrected chi connectivity index (χ2v) is 9.58. The van der Waals surface area contributed by atoms with Gasteiger partial charge in [0.25, 0.3) is 5.69 Å². The van der Waals surface area contributed by atoms with Crippen LogP contribution in [0.25, 0.3) is 0 Å². The molecule has 7 heteroatoms. The van der Waals surface area contributed by atoms with Crippen LogP contribution in [0.2, 0.25) is 0 Å². The van der Waals surface area contributed by atoms with E-state index in [0.29, 0.717) is 31.6 Å². The number of nitro groups is 1. The number of fused-ring (bicyclic) bond motifs is 1. The Morgan fingerprint density at radius 3 is 2.00 bits per heavy atom. The number of nitrogens with zero attached hydrogens (tertiary/aromatic N) is 3. The van der Waals surface area contributed by atoms with E-state index < -0.39 is 4.92 Å². The van der Waals surface area contributed by atoms with Crippen molar-refractivity contribution >= 4 is 28.9 Å². The standard InChI is InChI=1S/C29H29N3O4/c33-28-24-13-7-8-14-25(24)29(34)31(28)23-15-16-26(27(19-23)32(35)36)30(20-22-11-5-2-6-12-22)18-17-21-9-3-1-4-10-21/h1-6,9-12,15-16,19,24-25H,7-8,13-14,17-18,20H2/t24-,25+. The summed E-state index contributed by atoms with van der Waals surface area (Å²) >= 11 is 0. The van der Waals surface area contributed by atoms with Gasteiger partial charge in [-0.1, -0.05) is 73.5 Å². The van der Waals surface area contributed by atoms with Crippen LogP contribution in [0, 0.1) is 22.0 Å². The van der Waals surface area contributed by atoms with Gasteiger partial charge in [-0.05, 0) is 42.5 Å². The molecule has 3 aromatic rings. The highest BCUT2D eigenvalue weighted by Crippen LogP contribution is 2.42. The van der Waals surface area contributed by atoms with E-state index in [1.807, 2.05) is 65.6 Å². The van der Waals surface area contributed by atoms with Crippen molar-refractivity contribution in [3.8, 4) is 0 Å². The Labute approximate surface area is 210 Å². The molecule has 1 aliphatic heterocycles. The van der Waals surface area contributed by atoms with Crippen molar-refractivity contribution in [1.29, 1.82) is 0 Å². The molecule has 0 bridgehead atoms. The zero-order valence-corrected chi connectivity index (χ0v) is 20.1. The molecule has 1 saturated heterocycles. The lowest BCUT2D eigenvalue weighted by Gasteiger charge is -2.26. The van der Waals surface area contributed by atoms with Crippen LogP contribution in [0.15, 0.2) is 78.9 Å². The predicted molar refractivity (Wildman–Crippen MR) is 139 cm³/mol. The first kappa shape index (κ1) is 23.7. The highest BCUT2D eigenvalue weighted by Gasteiger charge is 2.49. The maximum Gasteiger partial charge on any atom is 0.294 e. The average molecular weight is 484 g/mol. The number of benzene rings is 3. The lowest BCUT2D eigenvalue weighted by Crippen LogP contribution is -2.31. The average Bonchev–Trinajstić information content (AvgIpc) is 3.17. The minimum Gasteiger partial charge on any atom is -0.361 e. The third-order valence-corrected chi connectivity index (χ3v) is 7.33. The minimum atomic E-state index is -0.419. The van der Waals surface area contributed by atoms with Crippen molar-refractivity contribution in [2.45, 2.75) is 38.6 Å². The first-order valence-corrected chi connectivity index (χ1v) is 12.5. The van der Waals surface area contributed by atoms with Crippen molar-refractivity contribution in [3.63, 3.8) is 0 Å². The largest absolute Gasteiger partial charge is 0.361 e. The zero-order chi connectivity index (χ0) is 25.1. The summed E-state index contributed by atoms with van der Waals surface area (Å²) in [7, 11) is 0. The van der Waals surface area contributed by atoms with Crippen LogP contribution in [0.1, 0.15) is 36.8 Å². The molecular weight excluding hydrogens is 454 g/mol. The van der Waals surface area contributed by atoms with Crippen LogP contribution in [0.4, 0.5) is 17.1 Å². The number of nitro benzene ring substituents is 1. The number of hydrogen-bond acceptors (Lipinski definition) is 5. The third-order valence-electron chi connectivity index (χ3n) is 7.33. The molecule has 1 aliphatic carbocycles. The van der Waals surface area contributed by atoms with Crippen molar-refractivity contribution < 1.29 is 14.5 Å². The van der Waals surface area contributed by atoms with Gasteiger partial charge in [0.15, 0.2) is 0 Å². The molecule has 7 nitrogen and oxygen atoms in total. The monoisotopic (exact) mass is 483 g/mol. The van der Waals surface area contributed by atoms with Gasteiger partial charge in [-0.15, -0.1) is 0 Å². The van der Waals surface area contributed by atoms with Crippen LogP contribution in [0.3, 0.4) is 0 Å². The van der Waals surface area contributed by atoms with Crippen LogP contribution in [-0.4, -0.2) is 23.3 Å². The topological polar surface area (TPSA) is 83.8 Å². The van der Waals surface area contributed by atoms with E-state index in [-0.39, 0.29) is 35.0 Å². The Balaban J connectivity index is 1.48. The highest BCUT2D eigenvalue weighted by atomic mass is 16.6. The van der Waals surface area contributed by atoms with Gasteiger partial charge in [0.05, 0.1) is 22.4 Å². The van der Waals surface area contributed by atoms with Gasteiger partial charge in [0, 0.05) is 19.2 Å². The van der Waals surface area contributed by atoms with Crippen molar-refractivity contribution in [2.24, 2.45) is 11.8 Å². The van der Waals surface area contributed by atoms with E-state index in [1.54, 1.807) is 12.1 Å². The smallest absolute Gasteiger partial charge is 0.294 e. The molecule has 2 atom stereocenters. The summed E-state index contributed by atoms with van der Waals surface area (Å²) in [5.74, 6) is -1.05. The molecule has 0 radical (unpaired) electrons. The quantitative estimate of drug-likeness (QED) is 0.239. The number of carbonyl (C=O) groups is 2. The fraction of sp³-hybridized carbons (Fsp3) is 0.310. The van der Waals surface area contributed by atoms with Gasteiger partial charge in [0.2, 0.25) is 11.8 Å². The number of amides is 2. The van der Waals surface area contributed by atoms with Crippen LogP contribution >= 0.6 is 0 Å². The third kappa shape index (κ3) is 4.73. The molecule has 0 N–H and O–H groups in total. The molecule has 0 aromatic heterocycles. The summed E-state index contributed by atoms with van der Waals surface area (Å²) in [5, 5.41) is 12.2. The number of carbonyl (C=O) groups excluding carboxylic acids is 2. The van der Waals surface area contributed by atoms with Gasteiger partial charge in [0.1, 0.15) is 5.69 Å². The van der Waals surface area contributed by atoms with Gasteiger partial charge in [-0.3, -0.25) is 19.7 Å². The number of rotatable bonds is 8. The molecule has 0 unspecified atom stereocenters. The SMILES string of the molecule is O=C1[C@H]2CCCC[C@H]2C(=O)N1c1ccc(N(CCc2ccccc2)Cc2ccccc2)c([N+](=O)[O-])c1. The fourth-order valence-corrected chi connectivity index (χ4v) is 5.48. The van der Waals surface area contributed by atoms with Gasteiger partial charge in [-0.2, -0.15) is 0 Å². The highest BCUT2D eigenvalue weighted by molar-refractivity contribution is 6.22. The molecule has 36 heavy (non-hydrogen) atoms. The van der Waals surface area contributed by atoms with Gasteiger partial charge in [-0.25, -0.2) is 4.90 Å². The Hall–Kier alpha value is -4.00. The van der Waals surface area contributed by atoms with E-state index in [1.165, 1.54) is 11.0 Å². The number of imide groups is 1. The maximum absolute atomic E-state index is 13.1. The Morgan fingerprint density at radius 2 is 1.42 bits per heavy atom. The summed E-state index contributed by atoms with van der Waals surface area (Å²) in [6.07, 6.45) is 4.00. The predicted octanol–water partition coefficient (Wildman–Crippen LogP) is 5.52. The molecule has 0 spiro atoms. The van der Waals surface area contributed by atoms with Crippen LogP contribution in [-0.2, 0) is 22.6 Å². The number of hydrogen-bond donors (Lipinski definition) is 0. The molecule has 1 saturated carbocycles. The molecule has 184 valence electrons. The summed E-state index contributed by atoms with van der Waals surface area (Å²) in [5.41, 5.74) is 2.84. The van der Waals surface area contributed by atoms with E-state index >= 15 is 0 Å². The maximum atomic E-state index is 13.1. The summed E-state index contributed by atoms with van der Waals surface area (Å²) in [6.45, 7) is 1.07. The minimum absolute atomic E-state index is 0.105. The fourth-order valence-electron chi connectivity index (χ4n) is 5.48. The van der Waals surface area contributed by atoms with E-state index in [9.17, 15) is 19.7 Å². The van der Waals surface area contributed by atoms with Gasteiger partial charge < -0.3 is 4.90 Å². The molecule has 2 fully saturated rings. The molecular formula is C29H29N3O4. The first-order chi connectivity index (χ1) is 17.5. The Morgan fingerprint density at radius 1 is 0.833 bits per heavy atom. The first-order valence-electron chi connectivity index (χ1n) is 12.5. The normalized spacial score (nSPS) is 19.3. The van der Waals surface area contributed by atoms with Crippen molar-refractivity contribution in [2.75, 3.05) is 16.3 Å². The van der Waals surface area contributed by atoms with E-state index in [4.69, 9.17) is 0 Å². The Bertz CT molecular complexity index is 1240.